The van der Waals surface area contributed by atoms with Crippen LogP contribution in [0.4, 0.5) is 0 Å². The minimum atomic E-state index is 0.186. The maximum Gasteiger partial charge on any atom is 0.231 e. The first kappa shape index (κ1) is 13.7. The summed E-state index contributed by atoms with van der Waals surface area (Å²) >= 11 is 0. The molecule has 0 amide bonds. The lowest BCUT2D eigenvalue weighted by Crippen LogP contribution is -2.48. The van der Waals surface area contributed by atoms with Crippen LogP contribution in [-0.4, -0.2) is 37.9 Å². The molecular formula is C16H24N2O2. The van der Waals surface area contributed by atoms with Crippen LogP contribution in [0.2, 0.25) is 0 Å². The third kappa shape index (κ3) is 2.63. The molecule has 1 atom stereocenters. The molecule has 4 heteroatoms. The lowest BCUT2D eigenvalue weighted by atomic mass is 9.81. The van der Waals surface area contributed by atoms with Crippen molar-refractivity contribution in [2.24, 2.45) is 5.41 Å². The van der Waals surface area contributed by atoms with E-state index >= 15 is 0 Å². The summed E-state index contributed by atoms with van der Waals surface area (Å²) in [5.74, 6) is 1.74. The summed E-state index contributed by atoms with van der Waals surface area (Å²) in [6, 6.07) is 6.78. The molecule has 2 heterocycles. The number of piperazine rings is 1. The van der Waals surface area contributed by atoms with E-state index in [1.54, 1.807) is 0 Å². The summed E-state index contributed by atoms with van der Waals surface area (Å²) in [5.41, 5.74) is 1.51. The molecule has 3 rings (SSSR count). The predicted octanol–water partition coefficient (Wildman–Crippen LogP) is 2.41. The minimum Gasteiger partial charge on any atom is -0.454 e. The maximum absolute atomic E-state index is 5.54. The first-order chi connectivity index (χ1) is 9.55. The highest BCUT2D eigenvalue weighted by molar-refractivity contribution is 5.45. The van der Waals surface area contributed by atoms with Gasteiger partial charge >= 0.3 is 0 Å². The van der Waals surface area contributed by atoms with Crippen LogP contribution in [0, 0.1) is 5.41 Å². The second kappa shape index (κ2) is 5.26. The van der Waals surface area contributed by atoms with Crippen molar-refractivity contribution in [1.29, 1.82) is 0 Å². The summed E-state index contributed by atoms with van der Waals surface area (Å²) in [7, 11) is 0. The number of hydrogen-bond acceptors (Lipinski definition) is 4. The predicted molar refractivity (Wildman–Crippen MR) is 79.2 cm³/mol. The van der Waals surface area contributed by atoms with E-state index in [9.17, 15) is 0 Å². The largest absolute Gasteiger partial charge is 0.454 e. The monoisotopic (exact) mass is 276 g/mol. The maximum atomic E-state index is 5.54. The van der Waals surface area contributed by atoms with Gasteiger partial charge in [-0.25, -0.2) is 0 Å². The van der Waals surface area contributed by atoms with Gasteiger partial charge in [-0.15, -0.1) is 0 Å². The molecule has 1 aromatic rings. The van der Waals surface area contributed by atoms with E-state index < -0.39 is 0 Å². The van der Waals surface area contributed by atoms with Crippen molar-refractivity contribution in [2.45, 2.75) is 26.8 Å². The van der Waals surface area contributed by atoms with Crippen molar-refractivity contribution < 1.29 is 9.47 Å². The average molecular weight is 276 g/mol. The molecule has 20 heavy (non-hydrogen) atoms. The topological polar surface area (TPSA) is 33.7 Å². The smallest absolute Gasteiger partial charge is 0.231 e. The molecule has 0 spiro atoms. The average Bonchev–Trinajstić information content (AvgIpc) is 2.86. The molecule has 2 aliphatic heterocycles. The second-order valence-corrected chi connectivity index (χ2v) is 6.67. The fourth-order valence-electron chi connectivity index (χ4n) is 3.28. The number of fused-ring (bicyclic) bond motifs is 1. The Hall–Kier alpha value is -1.26. The van der Waals surface area contributed by atoms with Gasteiger partial charge in [0, 0.05) is 32.2 Å². The standard InChI is InChI=1S/C16H24N2O2/c1-16(2,3)15(18-8-6-17-7-9-18)12-4-5-13-14(10-12)20-11-19-13/h4-5,10,15,17H,6-9,11H2,1-3H3/t15-/m1/s1. The van der Waals surface area contributed by atoms with Crippen LogP contribution in [0.25, 0.3) is 0 Å². The highest BCUT2D eigenvalue weighted by Crippen LogP contribution is 2.42. The Bertz CT molecular complexity index is 476. The summed E-state index contributed by atoms with van der Waals surface area (Å²) in [6.45, 7) is 11.6. The molecule has 1 N–H and O–H groups in total. The van der Waals surface area contributed by atoms with Crippen molar-refractivity contribution in [3.8, 4) is 11.5 Å². The van der Waals surface area contributed by atoms with Gasteiger partial charge in [-0.1, -0.05) is 26.8 Å². The molecule has 1 saturated heterocycles. The van der Waals surface area contributed by atoms with Crippen LogP contribution in [0.5, 0.6) is 11.5 Å². The fourth-order valence-corrected chi connectivity index (χ4v) is 3.28. The van der Waals surface area contributed by atoms with Gasteiger partial charge in [-0.2, -0.15) is 0 Å². The lowest BCUT2D eigenvalue weighted by Gasteiger charge is -2.42. The van der Waals surface area contributed by atoms with Gasteiger partial charge in [0.1, 0.15) is 0 Å². The van der Waals surface area contributed by atoms with E-state index in [1.165, 1.54) is 5.56 Å². The molecular weight excluding hydrogens is 252 g/mol. The van der Waals surface area contributed by atoms with E-state index in [1.807, 2.05) is 6.07 Å². The Kier molecular flexibility index (Phi) is 3.61. The molecule has 0 aliphatic carbocycles. The number of nitrogens with zero attached hydrogens (tertiary/aromatic N) is 1. The Balaban J connectivity index is 1.92. The second-order valence-electron chi connectivity index (χ2n) is 6.67. The van der Waals surface area contributed by atoms with Gasteiger partial charge in [-0.05, 0) is 23.1 Å². The van der Waals surface area contributed by atoms with Crippen molar-refractivity contribution in [1.82, 2.24) is 10.2 Å². The van der Waals surface area contributed by atoms with Crippen molar-refractivity contribution in [3.63, 3.8) is 0 Å². The zero-order chi connectivity index (χ0) is 14.2. The van der Waals surface area contributed by atoms with Crippen LogP contribution in [0.1, 0.15) is 32.4 Å². The molecule has 110 valence electrons. The van der Waals surface area contributed by atoms with Gasteiger partial charge in [0.05, 0.1) is 0 Å². The van der Waals surface area contributed by atoms with E-state index in [0.29, 0.717) is 12.8 Å². The van der Waals surface area contributed by atoms with E-state index in [0.717, 1.165) is 37.7 Å². The quantitative estimate of drug-likeness (QED) is 0.899. The van der Waals surface area contributed by atoms with Crippen molar-refractivity contribution in [3.05, 3.63) is 23.8 Å². The zero-order valence-electron chi connectivity index (χ0n) is 12.6. The third-order valence-corrected chi connectivity index (χ3v) is 4.05. The fraction of sp³-hybridized carbons (Fsp3) is 0.625. The number of rotatable bonds is 2. The van der Waals surface area contributed by atoms with E-state index in [4.69, 9.17) is 9.47 Å². The molecule has 1 aromatic carbocycles. The number of benzene rings is 1. The summed E-state index contributed by atoms with van der Waals surface area (Å²) in [6.07, 6.45) is 0. The SMILES string of the molecule is CC(C)(C)[C@@H](c1ccc2c(c1)OCO2)N1CCNCC1. The first-order valence-electron chi connectivity index (χ1n) is 7.40. The van der Waals surface area contributed by atoms with Gasteiger partial charge in [0.15, 0.2) is 11.5 Å². The highest BCUT2D eigenvalue weighted by atomic mass is 16.7. The third-order valence-electron chi connectivity index (χ3n) is 4.05. The Labute approximate surface area is 121 Å². The van der Waals surface area contributed by atoms with E-state index in [2.05, 4.69) is 43.1 Å². The van der Waals surface area contributed by atoms with Gasteiger partial charge < -0.3 is 14.8 Å². The Morgan fingerprint density at radius 3 is 2.50 bits per heavy atom. The van der Waals surface area contributed by atoms with Crippen molar-refractivity contribution >= 4 is 0 Å². The van der Waals surface area contributed by atoms with Crippen LogP contribution >= 0.6 is 0 Å². The minimum absolute atomic E-state index is 0.186. The Morgan fingerprint density at radius 2 is 1.80 bits per heavy atom. The molecule has 0 saturated carbocycles. The first-order valence-corrected chi connectivity index (χ1v) is 7.40. The lowest BCUT2D eigenvalue weighted by molar-refractivity contribution is 0.0861. The van der Waals surface area contributed by atoms with Gasteiger partial charge in [0.2, 0.25) is 6.79 Å². The molecule has 0 unspecified atom stereocenters. The highest BCUT2D eigenvalue weighted by Gasteiger charge is 2.33. The van der Waals surface area contributed by atoms with Crippen LogP contribution in [-0.2, 0) is 0 Å². The molecule has 4 nitrogen and oxygen atoms in total. The number of hydrogen-bond donors (Lipinski definition) is 1. The summed E-state index contributed by atoms with van der Waals surface area (Å²) < 4.78 is 11.0. The van der Waals surface area contributed by atoms with Crippen LogP contribution < -0.4 is 14.8 Å². The molecule has 0 radical (unpaired) electrons. The Morgan fingerprint density at radius 1 is 1.10 bits per heavy atom. The molecule has 0 bridgehead atoms. The number of nitrogens with one attached hydrogen (secondary N) is 1. The normalized spacial score (nSPS) is 20.9. The van der Waals surface area contributed by atoms with E-state index in [-0.39, 0.29) is 5.41 Å². The van der Waals surface area contributed by atoms with Crippen LogP contribution in [0.15, 0.2) is 18.2 Å². The molecule has 2 aliphatic rings. The van der Waals surface area contributed by atoms with Gasteiger partial charge in [-0.3, -0.25) is 4.90 Å². The summed E-state index contributed by atoms with van der Waals surface area (Å²) in [4.78, 5) is 2.58. The van der Waals surface area contributed by atoms with Gasteiger partial charge in [0.25, 0.3) is 0 Å². The van der Waals surface area contributed by atoms with Crippen molar-refractivity contribution in [2.75, 3.05) is 33.0 Å². The van der Waals surface area contributed by atoms with Crippen LogP contribution in [0.3, 0.4) is 0 Å². The molecule has 0 aromatic heterocycles. The summed E-state index contributed by atoms with van der Waals surface area (Å²) in [5, 5.41) is 3.43. The molecule has 1 fully saturated rings. The number of ether oxygens (including phenoxy) is 2. The zero-order valence-corrected chi connectivity index (χ0v) is 12.6.